The van der Waals surface area contributed by atoms with Gasteiger partial charge in [0.2, 0.25) is 65.5 Å². The average Bonchev–Trinajstić information content (AvgIpc) is 1.59. The molecule has 10 atom stereocenters. The highest BCUT2D eigenvalue weighted by Gasteiger charge is 2.53. The zero-order chi connectivity index (χ0) is 106. The Morgan fingerprint density at radius 3 is 1.39 bits per heavy atom. The maximum absolute atomic E-state index is 15.4. The lowest BCUT2D eigenvalue weighted by Crippen LogP contribution is -2.37. The van der Waals surface area contributed by atoms with E-state index in [1.54, 1.807) is 35.2 Å². The number of anilines is 6. The molecule has 0 bridgehead atoms. The molecule has 46 nitrogen and oxygen atoms in total. The molecule has 2 fully saturated rings. The van der Waals surface area contributed by atoms with E-state index in [1.165, 1.54) is 41.4 Å². The number of fused-ring (bicyclic) bond motifs is 5. The number of nitrogens with two attached hydrogens (primary N) is 3. The third-order valence-electron chi connectivity index (χ3n) is 23.7. The molecule has 0 aliphatic carbocycles. The summed E-state index contributed by atoms with van der Waals surface area (Å²) < 4.78 is 86.5. The Morgan fingerprint density at radius 1 is 0.459 bits per heavy atom. The molecule has 4 aromatic carbocycles. The number of esters is 3. The van der Waals surface area contributed by atoms with Crippen LogP contribution in [0, 0.1) is 11.8 Å². The van der Waals surface area contributed by atoms with Gasteiger partial charge >= 0.3 is 40.7 Å². The van der Waals surface area contributed by atoms with Crippen LogP contribution in [0.15, 0.2) is 143 Å². The van der Waals surface area contributed by atoms with Gasteiger partial charge in [0, 0.05) is 60.8 Å². The maximum atomic E-state index is 15.4. The quantitative estimate of drug-likeness (QED) is 0.0132. The molecule has 2 saturated heterocycles. The van der Waals surface area contributed by atoms with Gasteiger partial charge in [-0.2, -0.15) is 34.9 Å². The third kappa shape index (κ3) is 27.5. The van der Waals surface area contributed by atoms with Crippen molar-refractivity contribution in [1.29, 1.82) is 0 Å². The van der Waals surface area contributed by atoms with E-state index >= 15 is 4.39 Å². The van der Waals surface area contributed by atoms with E-state index in [4.69, 9.17) is 59.8 Å². The number of benzene rings is 4. The molecule has 3 amide bonds. The van der Waals surface area contributed by atoms with E-state index in [-0.39, 0.29) is 117 Å². The summed E-state index contributed by atoms with van der Waals surface area (Å²) in [6, 6.07) is 34.7. The normalized spacial score (nSPS) is 16.9. The number of H-pyrrole nitrogens is 5. The number of hydrogen-bond acceptors (Lipinski definition) is 32. The molecule has 3 aliphatic heterocycles. The van der Waals surface area contributed by atoms with Gasteiger partial charge < -0.3 is 59.8 Å². The molecule has 782 valence electrons. The van der Waals surface area contributed by atoms with Crippen LogP contribution < -0.4 is 91.1 Å². The molecule has 13 N–H and O–H groups in total. The number of nitrogens with one attached hydrogen (secondary N) is 7. The Bertz CT molecular complexity index is 7180. The molecule has 16 rings (SSSR count). The zero-order valence-corrected chi connectivity index (χ0v) is 83.8. The summed E-state index contributed by atoms with van der Waals surface area (Å²) >= 11 is 0. The number of halogens is 2. The van der Waals surface area contributed by atoms with E-state index in [0.717, 1.165) is 90.2 Å². The van der Waals surface area contributed by atoms with Crippen molar-refractivity contribution >= 4 is 116 Å². The van der Waals surface area contributed by atoms with Gasteiger partial charge in [-0.3, -0.25) is 106 Å². The van der Waals surface area contributed by atoms with Crippen molar-refractivity contribution in [3.8, 4) is 23.3 Å². The fourth-order valence-electron chi connectivity index (χ4n) is 16.1. The first-order chi connectivity index (χ1) is 69.9. The van der Waals surface area contributed by atoms with Crippen LogP contribution in [0.4, 0.5) is 44.3 Å². The van der Waals surface area contributed by atoms with E-state index in [0.29, 0.717) is 99.5 Å². The van der Waals surface area contributed by atoms with Gasteiger partial charge in [-0.05, 0) is 84.0 Å². The fraction of sp³-hybridized carbons (Fsp3) is 0.449. The van der Waals surface area contributed by atoms with E-state index in [9.17, 15) is 66.7 Å². The summed E-state index contributed by atoms with van der Waals surface area (Å²) in [5.74, 6) is -0.422. The van der Waals surface area contributed by atoms with Crippen LogP contribution in [-0.2, 0) is 111 Å². The number of aromatic nitrogens is 18. The van der Waals surface area contributed by atoms with Gasteiger partial charge in [-0.15, -0.1) is 0 Å². The Kier molecular flexibility index (Phi) is 38.7. The molecule has 146 heavy (non-hydrogen) atoms. The molecule has 0 radical (unpaired) electrons. The minimum atomic E-state index is -1.69. The van der Waals surface area contributed by atoms with Crippen LogP contribution in [0.25, 0.3) is 44.7 Å². The molecule has 0 spiro atoms. The summed E-state index contributed by atoms with van der Waals surface area (Å²) in [4.78, 5) is 199. The predicted molar refractivity (Wildman–Crippen MR) is 538 cm³/mol. The van der Waals surface area contributed by atoms with Crippen LogP contribution >= 0.6 is 0 Å². The SMILES string of the molecule is CCCCn1c(=O)[nH]c2nc(N)[nH]c(=O)c21.CCCCn1c(=O)[nH]c2nc(NC(C)=O)[nH]c(=O)c21.CCCCn1c(=O)n(Cc2ccc(OC)cc2)c2nc(N)nc(OCc3ccccc3)c21.CCCCn1c(=O)n([C@@H]2O[C@H]([C@@H](C)CC)[C@H](F)[C@H]2OC(C)=O)c2nc(NC(C)=O)[nH]c(=O)c21.CC[C@H](C)[C@H]1OC(OC(C)=O)[C@H](OC(C)=O)[C@H]1F.COc1ccc(CN2C(=O)Cc3c(OCc4ccccc4)nc(N)nc32)cc1. The topological polar surface area (TPSA) is 609 Å². The molecule has 0 saturated carbocycles. The number of nitrogens with zero attached hydrogens (tertiary/aromatic N) is 14. The minimum absolute atomic E-state index is 0.00129. The highest BCUT2D eigenvalue weighted by molar-refractivity contribution is 6.01. The highest BCUT2D eigenvalue weighted by atomic mass is 19.1. The minimum Gasteiger partial charge on any atom is -0.497 e. The second-order valence-electron chi connectivity index (χ2n) is 34.6. The van der Waals surface area contributed by atoms with Gasteiger partial charge in [0.05, 0.1) is 51.5 Å². The number of carbonyl (C=O) groups is 6. The second-order valence-corrected chi connectivity index (χ2v) is 34.6. The molecular weight excluding hydrogens is 1900 g/mol. The van der Waals surface area contributed by atoms with Crippen LogP contribution in [-0.4, -0.2) is 180 Å². The molecule has 13 aromatic rings. The van der Waals surface area contributed by atoms with Crippen molar-refractivity contribution in [1.82, 2.24) is 87.2 Å². The van der Waals surface area contributed by atoms with Crippen molar-refractivity contribution in [3.05, 3.63) is 210 Å². The summed E-state index contributed by atoms with van der Waals surface area (Å²) in [7, 11) is 3.24. The Labute approximate surface area is 833 Å². The standard InChI is InChI=1S/C24H27N5O3.C21H30FN5O6.C21H20N4O3.C12H19FO5.C11H15N5O3.C9H13N5O2/c1-3-4-14-28-20-21(29(24(28)30)15-17-10-12-19(31-2)13-11-17)26-23(25)27-22(20)32-16-18-8-6-5-7-9-18;1-6-8-9-26-14-17(24-20(23-11(4)28)25-18(14)30)27(21(26)31)19-16(32-12(5)29)13(22)15(33-19)10(3)7-2;1-27-16-9-7-14(8-10-16)12-25-18(26)11-17-19(25)23-21(22)24-20(17)28-13-15-5-3-2-4-6-15;1-5-6(2)10-9(13)11(16-7(3)14)12(18-10)17-8(4)15;1-3-4-5-16-7-8(14-11(16)19)13-10(12-6(2)17)15-9(7)18;1-2-3-4-14-5-6(12-9(14)16)11-8(10)13-7(5)15/h5-13H,3-4,14-16H2,1-2H3,(H2,25,26,27);10,13,15-16,19H,6-9H2,1-5H3,(H2,23,24,25,28,30);2-10H,11-13H2,1H3,(H2,22,23,24);6,9-12H,5H2,1-4H3;3-5H2,1-2H3,(H3,12,13,14,15,17,18,19);2-4H2,1H3,(H4,10,11,12,13,15,16)/t;10-,13-,15+,16+,19+;;6-,9-,10+,11+,12?;;/m.0.0../s1. The second kappa shape index (κ2) is 51.3. The number of nitrogen functional groups attached to an aromatic ring is 3. The zero-order valence-electron chi connectivity index (χ0n) is 83.8. The number of ether oxygens (including phenoxy) is 9. The van der Waals surface area contributed by atoms with Crippen molar-refractivity contribution in [2.45, 2.75) is 262 Å². The van der Waals surface area contributed by atoms with Crippen molar-refractivity contribution in [2.24, 2.45) is 11.8 Å². The lowest BCUT2D eigenvalue weighted by molar-refractivity contribution is -0.196. The Balaban J connectivity index is 0.000000170. The lowest BCUT2D eigenvalue weighted by Gasteiger charge is -2.20. The number of rotatable bonds is 34. The van der Waals surface area contributed by atoms with Gasteiger partial charge in [0.1, 0.15) is 30.5 Å². The molecule has 9 aromatic heterocycles. The van der Waals surface area contributed by atoms with Gasteiger partial charge in [0.15, 0.2) is 75.4 Å². The van der Waals surface area contributed by atoms with Crippen LogP contribution in [0.3, 0.4) is 0 Å². The number of hydrogen-bond donors (Lipinski definition) is 10. The molecule has 1 unspecified atom stereocenters. The predicted octanol–water partition coefficient (Wildman–Crippen LogP) is 9.76. The molecular formula is C98H124F2N24O22. The number of carbonyl (C=O) groups excluding carboxylic acids is 6. The van der Waals surface area contributed by atoms with Crippen molar-refractivity contribution in [3.63, 3.8) is 0 Å². The Hall–Kier alpha value is -16.0. The molecule has 3 aliphatic rings. The van der Waals surface area contributed by atoms with Crippen molar-refractivity contribution < 1.29 is 80.2 Å². The number of imidazole rings is 4. The molecule has 12 heterocycles. The third-order valence-corrected chi connectivity index (χ3v) is 23.7. The van der Waals surface area contributed by atoms with Crippen molar-refractivity contribution in [2.75, 3.05) is 47.0 Å². The number of aromatic amines is 5. The van der Waals surface area contributed by atoms with E-state index in [2.05, 4.69) is 77.4 Å². The summed E-state index contributed by atoms with van der Waals surface area (Å²) in [5, 5.41) is 4.76. The van der Waals surface area contributed by atoms with Crippen LogP contribution in [0.5, 0.6) is 23.3 Å². The molecule has 48 heteroatoms. The average molecular weight is 2030 g/mol. The smallest absolute Gasteiger partial charge is 0.332 e. The first-order valence-corrected chi connectivity index (χ1v) is 47.8. The summed E-state index contributed by atoms with van der Waals surface area (Å²) in [6.45, 7) is 24.6. The largest absolute Gasteiger partial charge is 0.497 e. The number of amides is 3. The van der Waals surface area contributed by atoms with Gasteiger partial charge in [-0.1, -0.05) is 179 Å². The monoisotopic (exact) mass is 2030 g/mol. The number of methoxy groups -OCH3 is 2. The number of unbranched alkanes of at least 4 members (excludes halogenated alkanes) is 4. The number of aryl methyl sites for hydroxylation is 4. The van der Waals surface area contributed by atoms with Crippen LogP contribution in [0.2, 0.25) is 0 Å². The Morgan fingerprint density at radius 2 is 0.897 bits per heavy atom. The van der Waals surface area contributed by atoms with E-state index in [1.807, 2.05) is 151 Å². The first kappa shape index (κ1) is 110. The van der Waals surface area contributed by atoms with Crippen LogP contribution in [0.1, 0.15) is 188 Å². The van der Waals surface area contributed by atoms with Gasteiger partial charge in [-0.25, -0.2) is 32.5 Å². The van der Waals surface area contributed by atoms with E-state index < -0.39 is 95.5 Å². The summed E-state index contributed by atoms with van der Waals surface area (Å²) in [5.41, 5.74) is 20.7. The number of alkyl halides is 2. The highest BCUT2D eigenvalue weighted by Crippen LogP contribution is 2.40. The summed E-state index contributed by atoms with van der Waals surface area (Å²) in [6.07, 6.45) is -1.80. The maximum Gasteiger partial charge on any atom is 0.332 e. The lowest BCUT2D eigenvalue weighted by atomic mass is 9.97. The fourth-order valence-corrected chi connectivity index (χ4v) is 16.1. The van der Waals surface area contributed by atoms with Gasteiger partial charge in [0.25, 0.3) is 16.7 Å². The first-order valence-electron chi connectivity index (χ1n) is 47.8.